The van der Waals surface area contributed by atoms with E-state index in [1.165, 1.54) is 42.6 Å². The highest BCUT2D eigenvalue weighted by molar-refractivity contribution is 5.45. The first-order valence-electron chi connectivity index (χ1n) is 6.85. The summed E-state index contributed by atoms with van der Waals surface area (Å²) in [6, 6.07) is 7.02. The Morgan fingerprint density at radius 3 is 3.00 bits per heavy atom. The summed E-state index contributed by atoms with van der Waals surface area (Å²) < 4.78 is 5.90. The van der Waals surface area contributed by atoms with Crippen LogP contribution in [0, 0.1) is 0 Å². The lowest BCUT2D eigenvalue weighted by molar-refractivity contribution is 0.278. The third kappa shape index (κ3) is 2.19. The van der Waals surface area contributed by atoms with Crippen LogP contribution < -0.4 is 10.5 Å². The molecule has 1 saturated carbocycles. The second-order valence-corrected chi connectivity index (χ2v) is 5.41. The van der Waals surface area contributed by atoms with Crippen LogP contribution in [0.2, 0.25) is 0 Å². The van der Waals surface area contributed by atoms with E-state index in [1.54, 1.807) is 0 Å². The molecule has 0 amide bonds. The number of para-hydroxylation sites is 1. The third-order valence-corrected chi connectivity index (χ3v) is 4.12. The number of aryl methyl sites for hydroxylation is 1. The van der Waals surface area contributed by atoms with Crippen molar-refractivity contribution in [3.05, 3.63) is 29.3 Å². The van der Waals surface area contributed by atoms with Crippen molar-refractivity contribution in [1.82, 2.24) is 0 Å². The monoisotopic (exact) mass is 231 g/mol. The summed E-state index contributed by atoms with van der Waals surface area (Å²) in [5.41, 5.74) is 8.91. The zero-order valence-electron chi connectivity index (χ0n) is 10.3. The SMILES string of the molecule is NC1CCCC(c2cccc3c2OCCC3)C1. The van der Waals surface area contributed by atoms with Crippen molar-refractivity contribution in [3.63, 3.8) is 0 Å². The van der Waals surface area contributed by atoms with Gasteiger partial charge >= 0.3 is 0 Å². The minimum absolute atomic E-state index is 0.383. The fourth-order valence-corrected chi connectivity index (χ4v) is 3.25. The molecule has 1 aliphatic heterocycles. The molecule has 0 bridgehead atoms. The average molecular weight is 231 g/mol. The van der Waals surface area contributed by atoms with Crippen LogP contribution in [0.4, 0.5) is 0 Å². The van der Waals surface area contributed by atoms with Gasteiger partial charge < -0.3 is 10.5 Å². The smallest absolute Gasteiger partial charge is 0.125 e. The maximum atomic E-state index is 6.10. The van der Waals surface area contributed by atoms with E-state index < -0.39 is 0 Å². The van der Waals surface area contributed by atoms with E-state index in [-0.39, 0.29) is 0 Å². The number of fused-ring (bicyclic) bond motifs is 1. The highest BCUT2D eigenvalue weighted by Crippen LogP contribution is 2.40. The number of nitrogens with two attached hydrogens (primary N) is 1. The lowest BCUT2D eigenvalue weighted by Crippen LogP contribution is -2.27. The zero-order valence-corrected chi connectivity index (χ0v) is 10.3. The summed E-state index contributed by atoms with van der Waals surface area (Å²) >= 11 is 0. The van der Waals surface area contributed by atoms with E-state index in [0.717, 1.165) is 19.4 Å². The predicted octanol–water partition coefficient (Wildman–Crippen LogP) is 3.00. The number of hydrogen-bond donors (Lipinski definition) is 1. The van der Waals surface area contributed by atoms with Gasteiger partial charge in [-0.2, -0.15) is 0 Å². The molecule has 17 heavy (non-hydrogen) atoms. The molecule has 1 fully saturated rings. The van der Waals surface area contributed by atoms with Crippen LogP contribution in [-0.4, -0.2) is 12.6 Å². The van der Waals surface area contributed by atoms with Crippen LogP contribution in [0.25, 0.3) is 0 Å². The van der Waals surface area contributed by atoms with Gasteiger partial charge in [0.1, 0.15) is 5.75 Å². The fourth-order valence-electron chi connectivity index (χ4n) is 3.25. The second-order valence-electron chi connectivity index (χ2n) is 5.41. The van der Waals surface area contributed by atoms with Gasteiger partial charge in [-0.1, -0.05) is 24.6 Å². The largest absolute Gasteiger partial charge is 0.493 e. The summed E-state index contributed by atoms with van der Waals surface area (Å²) in [5.74, 6) is 1.80. The van der Waals surface area contributed by atoms with Crippen molar-refractivity contribution in [2.45, 2.75) is 50.5 Å². The van der Waals surface area contributed by atoms with Gasteiger partial charge in [0, 0.05) is 6.04 Å². The first-order chi connectivity index (χ1) is 8.34. The first-order valence-corrected chi connectivity index (χ1v) is 6.85. The highest BCUT2D eigenvalue weighted by atomic mass is 16.5. The molecule has 0 radical (unpaired) electrons. The van der Waals surface area contributed by atoms with Gasteiger partial charge in [-0.05, 0) is 49.1 Å². The molecule has 2 N–H and O–H groups in total. The Morgan fingerprint density at radius 2 is 2.12 bits per heavy atom. The van der Waals surface area contributed by atoms with Crippen molar-refractivity contribution in [3.8, 4) is 5.75 Å². The van der Waals surface area contributed by atoms with Crippen molar-refractivity contribution < 1.29 is 4.74 Å². The lowest BCUT2D eigenvalue weighted by atomic mass is 9.80. The number of benzene rings is 1. The van der Waals surface area contributed by atoms with Gasteiger partial charge in [-0.25, -0.2) is 0 Å². The van der Waals surface area contributed by atoms with Gasteiger partial charge in [-0.15, -0.1) is 0 Å². The Bertz CT molecular complexity index is 402. The van der Waals surface area contributed by atoms with E-state index in [1.807, 2.05) is 0 Å². The number of hydrogen-bond acceptors (Lipinski definition) is 2. The molecular formula is C15H21NO. The van der Waals surface area contributed by atoms with Gasteiger partial charge in [0.15, 0.2) is 0 Å². The van der Waals surface area contributed by atoms with E-state index in [2.05, 4.69) is 18.2 Å². The molecule has 1 aromatic carbocycles. The van der Waals surface area contributed by atoms with Gasteiger partial charge in [0.2, 0.25) is 0 Å². The van der Waals surface area contributed by atoms with Gasteiger partial charge in [0.05, 0.1) is 6.61 Å². The topological polar surface area (TPSA) is 35.2 Å². The summed E-state index contributed by atoms with van der Waals surface area (Å²) in [4.78, 5) is 0. The summed E-state index contributed by atoms with van der Waals surface area (Å²) in [6.45, 7) is 0.878. The number of ether oxygens (including phenoxy) is 1. The summed E-state index contributed by atoms with van der Waals surface area (Å²) in [7, 11) is 0. The normalized spacial score (nSPS) is 28.3. The molecule has 92 valence electrons. The van der Waals surface area contributed by atoms with Crippen molar-refractivity contribution in [2.24, 2.45) is 5.73 Å². The first kappa shape index (κ1) is 11.1. The van der Waals surface area contributed by atoms with Crippen molar-refractivity contribution in [1.29, 1.82) is 0 Å². The molecule has 2 heteroatoms. The van der Waals surface area contributed by atoms with Gasteiger partial charge in [-0.3, -0.25) is 0 Å². The third-order valence-electron chi connectivity index (χ3n) is 4.12. The molecule has 1 aromatic rings. The molecule has 0 saturated heterocycles. The quantitative estimate of drug-likeness (QED) is 0.806. The molecule has 0 spiro atoms. The Kier molecular flexibility index (Phi) is 3.06. The zero-order chi connectivity index (χ0) is 11.7. The maximum Gasteiger partial charge on any atom is 0.125 e. The fraction of sp³-hybridized carbons (Fsp3) is 0.600. The Morgan fingerprint density at radius 1 is 1.18 bits per heavy atom. The maximum absolute atomic E-state index is 6.10. The van der Waals surface area contributed by atoms with Crippen LogP contribution in [0.3, 0.4) is 0 Å². The Labute approximate surface area is 103 Å². The molecule has 2 unspecified atom stereocenters. The standard InChI is InChI=1S/C15H21NO/c16-13-7-1-5-12(10-13)14-8-2-4-11-6-3-9-17-15(11)14/h2,4,8,12-13H,1,3,5-7,9-10,16H2. The molecule has 3 rings (SSSR count). The minimum atomic E-state index is 0.383. The van der Waals surface area contributed by atoms with Crippen LogP contribution in [-0.2, 0) is 6.42 Å². The van der Waals surface area contributed by atoms with Crippen LogP contribution in [0.15, 0.2) is 18.2 Å². The van der Waals surface area contributed by atoms with Gasteiger partial charge in [0.25, 0.3) is 0 Å². The molecule has 1 aliphatic carbocycles. The summed E-state index contributed by atoms with van der Waals surface area (Å²) in [6.07, 6.45) is 7.16. The second kappa shape index (κ2) is 4.69. The van der Waals surface area contributed by atoms with Crippen molar-refractivity contribution >= 4 is 0 Å². The van der Waals surface area contributed by atoms with Crippen LogP contribution in [0.1, 0.15) is 49.1 Å². The Balaban J connectivity index is 1.91. The average Bonchev–Trinajstić information content (AvgIpc) is 2.38. The molecule has 2 aliphatic rings. The Hall–Kier alpha value is -1.02. The molecule has 2 atom stereocenters. The van der Waals surface area contributed by atoms with E-state index in [0.29, 0.717) is 12.0 Å². The molecular weight excluding hydrogens is 210 g/mol. The van der Waals surface area contributed by atoms with Crippen LogP contribution in [0.5, 0.6) is 5.75 Å². The van der Waals surface area contributed by atoms with Crippen molar-refractivity contribution in [2.75, 3.05) is 6.61 Å². The molecule has 1 heterocycles. The highest BCUT2D eigenvalue weighted by Gasteiger charge is 2.25. The van der Waals surface area contributed by atoms with E-state index in [9.17, 15) is 0 Å². The van der Waals surface area contributed by atoms with E-state index in [4.69, 9.17) is 10.5 Å². The minimum Gasteiger partial charge on any atom is -0.493 e. The van der Waals surface area contributed by atoms with Crippen LogP contribution >= 0.6 is 0 Å². The van der Waals surface area contributed by atoms with E-state index >= 15 is 0 Å². The predicted molar refractivity (Wildman–Crippen MR) is 69.4 cm³/mol. The molecule has 2 nitrogen and oxygen atoms in total. The summed E-state index contributed by atoms with van der Waals surface area (Å²) in [5, 5.41) is 0. The lowest BCUT2D eigenvalue weighted by Gasteiger charge is -2.30. The number of rotatable bonds is 1. The molecule has 0 aromatic heterocycles.